The summed E-state index contributed by atoms with van der Waals surface area (Å²) in [4.78, 5) is 35.5. The summed E-state index contributed by atoms with van der Waals surface area (Å²) in [6, 6.07) is 21.6. The van der Waals surface area contributed by atoms with Crippen LogP contribution in [0.25, 0.3) is 11.1 Å². The summed E-state index contributed by atoms with van der Waals surface area (Å²) in [7, 11) is 0. The Balaban J connectivity index is 1.32. The lowest BCUT2D eigenvalue weighted by Crippen LogP contribution is -2.42. The van der Waals surface area contributed by atoms with Gasteiger partial charge in [-0.05, 0) is 41.3 Å². The van der Waals surface area contributed by atoms with Gasteiger partial charge in [0.15, 0.2) is 6.61 Å². The van der Waals surface area contributed by atoms with Crippen molar-refractivity contribution < 1.29 is 29.0 Å². The van der Waals surface area contributed by atoms with Crippen molar-refractivity contribution in [3.8, 4) is 16.9 Å². The topological polar surface area (TPSA) is 114 Å². The Morgan fingerprint density at radius 1 is 0.941 bits per heavy atom. The first-order valence-electron chi connectivity index (χ1n) is 10.8. The number of ether oxygens (including phenoxy) is 2. The van der Waals surface area contributed by atoms with Gasteiger partial charge in [-0.25, -0.2) is 9.59 Å². The van der Waals surface area contributed by atoms with Gasteiger partial charge in [-0.3, -0.25) is 4.79 Å². The molecule has 0 aromatic heterocycles. The summed E-state index contributed by atoms with van der Waals surface area (Å²) in [6.07, 6.45) is -0.692. The van der Waals surface area contributed by atoms with E-state index < -0.39 is 30.6 Å². The number of amides is 2. The monoisotopic (exact) mass is 460 g/mol. The highest BCUT2D eigenvalue weighted by Gasteiger charge is 2.29. The summed E-state index contributed by atoms with van der Waals surface area (Å²) < 4.78 is 10.6. The van der Waals surface area contributed by atoms with E-state index in [1.165, 1.54) is 6.07 Å². The van der Waals surface area contributed by atoms with E-state index in [2.05, 4.69) is 22.8 Å². The van der Waals surface area contributed by atoms with Crippen LogP contribution < -0.4 is 15.4 Å². The Morgan fingerprint density at radius 2 is 1.59 bits per heavy atom. The zero-order valence-corrected chi connectivity index (χ0v) is 18.5. The molecule has 174 valence electrons. The van der Waals surface area contributed by atoms with Crippen molar-refractivity contribution in [3.05, 3.63) is 83.9 Å². The second kappa shape index (κ2) is 10.1. The fraction of sp³-hybridized carbons (Fsp3) is 0.192. The van der Waals surface area contributed by atoms with Crippen LogP contribution in [0.5, 0.6) is 5.75 Å². The van der Waals surface area contributed by atoms with E-state index in [1.807, 2.05) is 36.4 Å². The highest BCUT2D eigenvalue weighted by molar-refractivity contribution is 5.96. The fourth-order valence-corrected chi connectivity index (χ4v) is 3.94. The summed E-state index contributed by atoms with van der Waals surface area (Å²) in [5, 5.41) is 13.9. The summed E-state index contributed by atoms with van der Waals surface area (Å²) in [5.41, 5.74) is 4.89. The van der Waals surface area contributed by atoms with Gasteiger partial charge in [-0.1, -0.05) is 54.6 Å². The third-order valence-corrected chi connectivity index (χ3v) is 5.54. The molecule has 3 aromatic rings. The molecule has 8 nitrogen and oxygen atoms in total. The minimum absolute atomic E-state index is 0.0733. The molecule has 0 aliphatic heterocycles. The lowest BCUT2D eigenvalue weighted by atomic mass is 9.98. The standard InChI is InChI=1S/C26H24N2O6/c1-16(25(31)28-17-7-6-8-18(13-17)33-15-24(29)30)27-26(32)34-14-23-21-11-4-2-9-19(21)20-10-3-5-12-22(20)23/h2-13,16,23H,14-15H2,1H3,(H,27,32)(H,28,31)(H,29,30)/t16-/m0/s1. The van der Waals surface area contributed by atoms with E-state index in [0.717, 1.165) is 22.3 Å². The van der Waals surface area contributed by atoms with E-state index in [4.69, 9.17) is 14.6 Å². The number of hydrogen-bond acceptors (Lipinski definition) is 5. The van der Waals surface area contributed by atoms with Gasteiger partial charge in [0.2, 0.25) is 5.91 Å². The molecule has 0 saturated carbocycles. The van der Waals surface area contributed by atoms with E-state index in [0.29, 0.717) is 11.4 Å². The van der Waals surface area contributed by atoms with E-state index in [9.17, 15) is 14.4 Å². The quantitative estimate of drug-likeness (QED) is 0.468. The molecular weight excluding hydrogens is 436 g/mol. The van der Waals surface area contributed by atoms with Gasteiger partial charge >= 0.3 is 12.1 Å². The largest absolute Gasteiger partial charge is 0.482 e. The van der Waals surface area contributed by atoms with Gasteiger partial charge in [0.25, 0.3) is 0 Å². The van der Waals surface area contributed by atoms with Gasteiger partial charge in [0.1, 0.15) is 18.4 Å². The molecule has 0 fully saturated rings. The van der Waals surface area contributed by atoms with Crippen molar-refractivity contribution in [3.63, 3.8) is 0 Å². The van der Waals surface area contributed by atoms with Crippen LogP contribution in [-0.2, 0) is 14.3 Å². The molecule has 1 atom stereocenters. The van der Waals surface area contributed by atoms with Crippen LogP contribution in [0, 0.1) is 0 Å². The number of carbonyl (C=O) groups is 3. The number of rotatable bonds is 8. The number of hydrogen-bond donors (Lipinski definition) is 3. The number of carboxylic acid groups (broad SMARTS) is 1. The molecule has 34 heavy (non-hydrogen) atoms. The smallest absolute Gasteiger partial charge is 0.407 e. The average Bonchev–Trinajstić information content (AvgIpc) is 3.15. The van der Waals surface area contributed by atoms with E-state index in [1.54, 1.807) is 25.1 Å². The van der Waals surface area contributed by atoms with Gasteiger partial charge in [-0.15, -0.1) is 0 Å². The van der Waals surface area contributed by atoms with Crippen molar-refractivity contribution >= 4 is 23.7 Å². The number of nitrogens with one attached hydrogen (secondary N) is 2. The molecule has 0 unspecified atom stereocenters. The Kier molecular flexibility index (Phi) is 6.77. The number of carboxylic acids is 1. The SMILES string of the molecule is C[C@H](NC(=O)OCC1c2ccccc2-c2ccccc21)C(=O)Nc1cccc(OCC(=O)O)c1. The summed E-state index contributed by atoms with van der Waals surface area (Å²) in [5.74, 6) is -1.33. The number of fused-ring (bicyclic) bond motifs is 3. The number of carbonyl (C=O) groups excluding carboxylic acids is 2. The normalized spacial score (nSPS) is 12.7. The van der Waals surface area contributed by atoms with Gasteiger partial charge < -0.3 is 25.2 Å². The summed E-state index contributed by atoms with van der Waals surface area (Å²) in [6.45, 7) is 1.20. The maximum absolute atomic E-state index is 12.5. The van der Waals surface area contributed by atoms with E-state index >= 15 is 0 Å². The van der Waals surface area contributed by atoms with Crippen LogP contribution in [0.2, 0.25) is 0 Å². The molecular formula is C26H24N2O6. The maximum Gasteiger partial charge on any atom is 0.407 e. The number of aliphatic carboxylic acids is 1. The first-order valence-corrected chi connectivity index (χ1v) is 10.8. The lowest BCUT2D eigenvalue weighted by Gasteiger charge is -2.17. The highest BCUT2D eigenvalue weighted by atomic mass is 16.5. The molecule has 4 rings (SSSR count). The average molecular weight is 460 g/mol. The molecule has 3 aromatic carbocycles. The van der Waals surface area contributed by atoms with Crippen molar-refractivity contribution in [2.24, 2.45) is 0 Å². The molecule has 8 heteroatoms. The van der Waals surface area contributed by atoms with Crippen LogP contribution in [0.15, 0.2) is 72.8 Å². The van der Waals surface area contributed by atoms with Crippen LogP contribution in [0.3, 0.4) is 0 Å². The predicted molar refractivity (Wildman–Crippen MR) is 126 cm³/mol. The van der Waals surface area contributed by atoms with Crippen LogP contribution >= 0.6 is 0 Å². The van der Waals surface area contributed by atoms with Crippen LogP contribution in [0.4, 0.5) is 10.5 Å². The molecule has 1 aliphatic rings. The Morgan fingerprint density at radius 3 is 2.24 bits per heavy atom. The van der Waals surface area contributed by atoms with Crippen molar-refractivity contribution in [1.29, 1.82) is 0 Å². The highest BCUT2D eigenvalue weighted by Crippen LogP contribution is 2.44. The first-order chi connectivity index (χ1) is 16.4. The Hall–Kier alpha value is -4.33. The second-order valence-electron chi connectivity index (χ2n) is 7.89. The molecule has 0 radical (unpaired) electrons. The minimum Gasteiger partial charge on any atom is -0.482 e. The molecule has 0 bridgehead atoms. The number of alkyl carbamates (subject to hydrolysis) is 1. The van der Waals surface area contributed by atoms with Crippen LogP contribution in [-0.4, -0.2) is 42.3 Å². The lowest BCUT2D eigenvalue weighted by molar-refractivity contribution is -0.139. The van der Waals surface area contributed by atoms with Gasteiger partial charge in [0.05, 0.1) is 0 Å². The third kappa shape index (κ3) is 5.17. The zero-order valence-electron chi connectivity index (χ0n) is 18.5. The number of benzene rings is 3. The summed E-state index contributed by atoms with van der Waals surface area (Å²) >= 11 is 0. The zero-order chi connectivity index (χ0) is 24.1. The fourth-order valence-electron chi connectivity index (χ4n) is 3.94. The maximum atomic E-state index is 12.5. The molecule has 0 spiro atoms. The van der Waals surface area contributed by atoms with Gasteiger partial charge in [0, 0.05) is 17.7 Å². The molecule has 2 amide bonds. The Bertz CT molecular complexity index is 1180. The molecule has 0 heterocycles. The first kappa shape index (κ1) is 22.8. The molecule has 1 aliphatic carbocycles. The third-order valence-electron chi connectivity index (χ3n) is 5.54. The van der Waals surface area contributed by atoms with Crippen molar-refractivity contribution in [2.75, 3.05) is 18.5 Å². The predicted octanol–water partition coefficient (Wildman–Crippen LogP) is 4.02. The van der Waals surface area contributed by atoms with Crippen molar-refractivity contribution in [1.82, 2.24) is 5.32 Å². The second-order valence-corrected chi connectivity index (χ2v) is 7.89. The Labute approximate surface area is 196 Å². The number of anilines is 1. The van der Waals surface area contributed by atoms with Crippen molar-refractivity contribution in [2.45, 2.75) is 18.9 Å². The molecule has 0 saturated heterocycles. The van der Waals surface area contributed by atoms with Gasteiger partial charge in [-0.2, -0.15) is 0 Å². The minimum atomic E-state index is -1.10. The van der Waals surface area contributed by atoms with Crippen LogP contribution in [0.1, 0.15) is 24.0 Å². The molecule has 3 N–H and O–H groups in total. The van der Waals surface area contributed by atoms with E-state index in [-0.39, 0.29) is 12.5 Å².